The van der Waals surface area contributed by atoms with Crippen molar-refractivity contribution in [2.75, 3.05) is 6.61 Å². The lowest BCUT2D eigenvalue weighted by molar-refractivity contribution is 0.0685. The molecule has 1 aromatic heterocycles. The number of aromatic nitrogens is 1. The van der Waals surface area contributed by atoms with Crippen molar-refractivity contribution < 1.29 is 19.8 Å². The van der Waals surface area contributed by atoms with Gasteiger partial charge in [0, 0.05) is 12.1 Å². The average molecular weight is 450 g/mol. The number of aldehydes is 1. The Balaban J connectivity index is 1.93. The van der Waals surface area contributed by atoms with E-state index in [4.69, 9.17) is 0 Å². The molecule has 0 aliphatic rings. The summed E-state index contributed by atoms with van der Waals surface area (Å²) in [7, 11) is 0. The number of rotatable bonds is 7. The Morgan fingerprint density at radius 1 is 0.882 bits per heavy atom. The molecule has 0 bridgehead atoms. The lowest BCUT2D eigenvalue weighted by Crippen LogP contribution is -2.30. The second-order valence-corrected chi connectivity index (χ2v) is 7.87. The van der Waals surface area contributed by atoms with E-state index in [2.05, 4.69) is 11.8 Å². The van der Waals surface area contributed by atoms with E-state index in [1.807, 2.05) is 91.0 Å². The third kappa shape index (κ3) is 4.40. The highest BCUT2D eigenvalue weighted by atomic mass is 16.4. The molecular weight excluding hydrogens is 426 g/mol. The number of benzene rings is 3. The van der Waals surface area contributed by atoms with Crippen LogP contribution in [0.25, 0.3) is 0 Å². The molecule has 0 aliphatic carbocycles. The highest BCUT2D eigenvalue weighted by molar-refractivity contribution is 5.91. The summed E-state index contributed by atoms with van der Waals surface area (Å²) < 4.78 is 1.53. The molecule has 0 radical (unpaired) electrons. The Bertz CT molecular complexity index is 1310. The van der Waals surface area contributed by atoms with Gasteiger partial charge in [0.05, 0.1) is 6.61 Å². The molecule has 2 N–H and O–H groups in total. The van der Waals surface area contributed by atoms with Crippen LogP contribution in [0.2, 0.25) is 0 Å². The fourth-order valence-electron chi connectivity index (χ4n) is 4.05. The van der Waals surface area contributed by atoms with Gasteiger partial charge in [-0.3, -0.25) is 4.79 Å². The molecular formula is C29H23NO4. The van der Waals surface area contributed by atoms with Gasteiger partial charge in [0.25, 0.3) is 0 Å². The number of carboxylic acid groups (broad SMARTS) is 1. The van der Waals surface area contributed by atoms with Crippen LogP contribution in [0.3, 0.4) is 0 Å². The zero-order chi connectivity index (χ0) is 24.0. The second kappa shape index (κ2) is 10.0. The summed E-state index contributed by atoms with van der Waals surface area (Å²) in [4.78, 5) is 23.8. The topological polar surface area (TPSA) is 79.5 Å². The second-order valence-electron chi connectivity index (χ2n) is 7.87. The largest absolute Gasteiger partial charge is 0.477 e. The Morgan fingerprint density at radius 3 is 1.88 bits per heavy atom. The first-order chi connectivity index (χ1) is 16.6. The number of hydrogen-bond acceptors (Lipinski definition) is 3. The molecule has 3 aromatic carbocycles. The van der Waals surface area contributed by atoms with Gasteiger partial charge in [-0.1, -0.05) is 96.9 Å². The van der Waals surface area contributed by atoms with Crippen molar-refractivity contribution in [2.24, 2.45) is 0 Å². The van der Waals surface area contributed by atoms with Crippen LogP contribution in [0.1, 0.15) is 43.2 Å². The van der Waals surface area contributed by atoms with E-state index in [1.165, 1.54) is 10.6 Å². The van der Waals surface area contributed by atoms with Crippen LogP contribution in [0.4, 0.5) is 0 Å². The maximum Gasteiger partial charge on any atom is 0.352 e. The van der Waals surface area contributed by atoms with Gasteiger partial charge in [0.1, 0.15) is 16.8 Å². The zero-order valence-corrected chi connectivity index (χ0v) is 18.4. The molecule has 5 nitrogen and oxygen atoms in total. The van der Waals surface area contributed by atoms with E-state index < -0.39 is 11.4 Å². The van der Waals surface area contributed by atoms with Crippen LogP contribution in [-0.2, 0) is 12.0 Å². The molecule has 1 heterocycles. The van der Waals surface area contributed by atoms with Crippen molar-refractivity contribution >= 4 is 12.3 Å². The Hall–Kier alpha value is -4.40. The number of carbonyl (C=O) groups is 2. The van der Waals surface area contributed by atoms with Crippen molar-refractivity contribution in [3.8, 4) is 11.8 Å². The van der Waals surface area contributed by atoms with E-state index in [-0.39, 0.29) is 24.4 Å². The minimum absolute atomic E-state index is 0.0238. The number of aliphatic hydroxyl groups is 1. The van der Waals surface area contributed by atoms with Crippen LogP contribution in [0, 0.1) is 11.8 Å². The van der Waals surface area contributed by atoms with Crippen LogP contribution in [-0.4, -0.2) is 33.6 Å². The summed E-state index contributed by atoms with van der Waals surface area (Å²) in [6.07, 6.45) is 0.615. The third-order valence-electron chi connectivity index (χ3n) is 5.82. The van der Waals surface area contributed by atoms with Crippen LogP contribution in [0.15, 0.2) is 97.1 Å². The molecule has 0 saturated carbocycles. The molecule has 5 heteroatoms. The number of nitrogens with zero attached hydrogens (tertiary/aromatic N) is 1. The number of hydrogen-bond donors (Lipinski definition) is 2. The molecule has 0 spiro atoms. The predicted molar refractivity (Wildman–Crippen MR) is 130 cm³/mol. The van der Waals surface area contributed by atoms with Crippen molar-refractivity contribution in [2.45, 2.75) is 12.0 Å². The predicted octanol–water partition coefficient (Wildman–Crippen LogP) is 4.38. The van der Waals surface area contributed by atoms with Crippen LogP contribution in [0.5, 0.6) is 0 Å². The quantitative estimate of drug-likeness (QED) is 0.324. The molecule has 0 aliphatic heterocycles. The standard InChI is InChI=1S/C29H23NO4/c31-20-23-18-27(28(33)34)30(19-22-10-4-1-5-11-22)26(23)16-17-29(21-32,24-12-6-2-7-13-24)25-14-8-3-9-15-25/h1-15,18,20,32H,19,21H2,(H,33,34). The average Bonchev–Trinajstić information content (AvgIpc) is 3.24. The van der Waals surface area contributed by atoms with E-state index in [1.54, 1.807) is 0 Å². The molecule has 168 valence electrons. The SMILES string of the molecule is O=Cc1cc(C(=O)O)n(Cc2ccccc2)c1C#CC(CO)(c1ccccc1)c1ccccc1. The molecule has 0 saturated heterocycles. The van der Waals surface area contributed by atoms with Gasteiger partial charge in [0.15, 0.2) is 6.29 Å². The minimum Gasteiger partial charge on any atom is -0.477 e. The fourth-order valence-corrected chi connectivity index (χ4v) is 4.05. The van der Waals surface area contributed by atoms with Gasteiger partial charge >= 0.3 is 5.97 Å². The number of aliphatic hydroxyl groups excluding tert-OH is 1. The van der Waals surface area contributed by atoms with Gasteiger partial charge < -0.3 is 14.8 Å². The summed E-state index contributed by atoms with van der Waals surface area (Å²) in [6.45, 7) is -0.0568. The van der Waals surface area contributed by atoms with E-state index in [0.29, 0.717) is 12.0 Å². The number of carbonyl (C=O) groups excluding carboxylic acids is 1. The zero-order valence-electron chi connectivity index (χ0n) is 18.4. The van der Waals surface area contributed by atoms with Crippen LogP contribution < -0.4 is 0 Å². The molecule has 0 amide bonds. The molecule has 4 aromatic rings. The summed E-state index contributed by atoms with van der Waals surface area (Å²) in [5.74, 6) is 5.14. The monoisotopic (exact) mass is 449 g/mol. The Kier molecular flexibility index (Phi) is 6.72. The molecule has 34 heavy (non-hydrogen) atoms. The van der Waals surface area contributed by atoms with E-state index in [9.17, 15) is 19.8 Å². The van der Waals surface area contributed by atoms with Gasteiger partial charge in [-0.25, -0.2) is 4.79 Å². The maximum absolute atomic E-state index is 12.0. The lowest BCUT2D eigenvalue weighted by Gasteiger charge is -2.27. The Labute approximate surface area is 197 Å². The van der Waals surface area contributed by atoms with E-state index in [0.717, 1.165) is 16.7 Å². The van der Waals surface area contributed by atoms with Gasteiger partial charge in [-0.05, 0) is 28.7 Å². The van der Waals surface area contributed by atoms with E-state index >= 15 is 0 Å². The smallest absolute Gasteiger partial charge is 0.352 e. The summed E-state index contributed by atoms with van der Waals surface area (Å²) >= 11 is 0. The van der Waals surface area contributed by atoms with Crippen molar-refractivity contribution in [1.82, 2.24) is 4.57 Å². The normalized spacial score (nSPS) is 10.9. The highest BCUT2D eigenvalue weighted by Gasteiger charge is 2.32. The minimum atomic E-state index is -1.15. The first-order valence-electron chi connectivity index (χ1n) is 10.8. The first kappa shape index (κ1) is 22.8. The van der Waals surface area contributed by atoms with Crippen molar-refractivity contribution in [3.05, 3.63) is 131 Å². The fraction of sp³-hybridized carbons (Fsp3) is 0.103. The Morgan fingerprint density at radius 2 is 1.41 bits per heavy atom. The maximum atomic E-state index is 12.0. The van der Waals surface area contributed by atoms with Crippen molar-refractivity contribution in [3.63, 3.8) is 0 Å². The number of carboxylic acids is 1. The van der Waals surface area contributed by atoms with Gasteiger partial charge in [-0.2, -0.15) is 0 Å². The first-order valence-corrected chi connectivity index (χ1v) is 10.8. The van der Waals surface area contributed by atoms with Gasteiger partial charge in [-0.15, -0.1) is 0 Å². The summed E-state index contributed by atoms with van der Waals surface area (Å²) in [6, 6.07) is 29.6. The molecule has 0 atom stereocenters. The summed E-state index contributed by atoms with van der Waals surface area (Å²) in [5.41, 5.74) is 1.86. The highest BCUT2D eigenvalue weighted by Crippen LogP contribution is 2.32. The summed E-state index contributed by atoms with van der Waals surface area (Å²) in [5, 5.41) is 20.4. The third-order valence-corrected chi connectivity index (χ3v) is 5.82. The number of aromatic carboxylic acids is 1. The van der Waals surface area contributed by atoms with Crippen molar-refractivity contribution in [1.29, 1.82) is 0 Å². The molecule has 0 unspecified atom stereocenters. The van der Waals surface area contributed by atoms with Crippen LogP contribution >= 0.6 is 0 Å². The molecule has 4 rings (SSSR count). The lowest BCUT2D eigenvalue weighted by atomic mass is 9.75. The van der Waals surface area contributed by atoms with Gasteiger partial charge in [0.2, 0.25) is 0 Å². The molecule has 0 fully saturated rings.